The van der Waals surface area contributed by atoms with E-state index >= 15 is 0 Å². The van der Waals surface area contributed by atoms with Gasteiger partial charge in [0.25, 0.3) is 0 Å². The molecule has 4 aromatic rings. The Morgan fingerprint density at radius 2 is 1.32 bits per heavy atom. The number of aliphatic hydroxyl groups is 1. The maximum atomic E-state index is 12.8. The summed E-state index contributed by atoms with van der Waals surface area (Å²) in [5.74, 6) is 0.188. The first kappa shape index (κ1) is 20.8. The van der Waals surface area contributed by atoms with E-state index < -0.39 is 5.60 Å². The zero-order chi connectivity index (χ0) is 21.3. The molecule has 0 saturated heterocycles. The minimum absolute atomic E-state index is 0.188. The van der Waals surface area contributed by atoms with Crippen molar-refractivity contribution in [3.8, 4) is 0 Å². The normalized spacial score (nSPS) is 23.8. The first-order valence-corrected chi connectivity index (χ1v) is 12.7. The molecule has 0 aliphatic heterocycles. The average molecular weight is 464 g/mol. The van der Waals surface area contributed by atoms with Crippen LogP contribution in [0.5, 0.6) is 0 Å². The van der Waals surface area contributed by atoms with Gasteiger partial charge in [0.2, 0.25) is 0 Å². The van der Waals surface area contributed by atoms with Crippen molar-refractivity contribution >= 4 is 50.9 Å². The van der Waals surface area contributed by atoms with Gasteiger partial charge in [0.15, 0.2) is 0 Å². The lowest BCUT2D eigenvalue weighted by molar-refractivity contribution is -0.124. The van der Waals surface area contributed by atoms with Crippen LogP contribution in [0.2, 0.25) is 0 Å². The molecule has 31 heavy (non-hydrogen) atoms. The van der Waals surface area contributed by atoms with Crippen molar-refractivity contribution in [2.24, 2.45) is 0 Å². The molecule has 0 bridgehead atoms. The first-order chi connectivity index (χ1) is 15.1. The number of carbonyl (C=O) groups excluding carboxylic acids is 1. The van der Waals surface area contributed by atoms with Gasteiger partial charge >= 0.3 is 0 Å². The van der Waals surface area contributed by atoms with Crippen LogP contribution in [0, 0.1) is 0 Å². The third kappa shape index (κ3) is 4.17. The molecule has 1 aliphatic carbocycles. The van der Waals surface area contributed by atoms with Crippen molar-refractivity contribution in [3.05, 3.63) is 89.9 Å². The fraction of sp³-hybridized carbons (Fsp3) is 0.200. The largest absolute Gasteiger partial charge is 0.380 e. The van der Waals surface area contributed by atoms with Gasteiger partial charge in [0, 0.05) is 22.6 Å². The van der Waals surface area contributed by atoms with Gasteiger partial charge < -0.3 is 5.11 Å². The smallest absolute Gasteiger partial charge is 0.141 e. The van der Waals surface area contributed by atoms with Crippen molar-refractivity contribution in [1.82, 2.24) is 4.98 Å². The van der Waals surface area contributed by atoms with E-state index in [1.165, 1.54) is 11.3 Å². The van der Waals surface area contributed by atoms with Crippen LogP contribution in [0.15, 0.2) is 94.7 Å². The third-order valence-corrected chi connectivity index (χ3v) is 9.37. The molecular formula is C25H21NO2S3. The van der Waals surface area contributed by atoms with E-state index in [0.29, 0.717) is 17.8 Å². The summed E-state index contributed by atoms with van der Waals surface area (Å²) in [6.07, 6.45) is 0.662. The van der Waals surface area contributed by atoms with E-state index in [1.807, 2.05) is 84.9 Å². The van der Waals surface area contributed by atoms with Crippen molar-refractivity contribution in [1.29, 1.82) is 0 Å². The Labute approximate surface area is 193 Å². The molecule has 0 amide bonds. The number of thioether (sulfide) groups is 2. The Morgan fingerprint density at radius 1 is 0.806 bits per heavy atom. The zero-order valence-corrected chi connectivity index (χ0v) is 19.1. The summed E-state index contributed by atoms with van der Waals surface area (Å²) in [6, 6.07) is 28.0. The van der Waals surface area contributed by atoms with Crippen LogP contribution in [0.4, 0.5) is 0 Å². The lowest BCUT2D eigenvalue weighted by Crippen LogP contribution is -2.51. The molecule has 1 fully saturated rings. The molecule has 1 N–H and O–H groups in total. The van der Waals surface area contributed by atoms with Crippen LogP contribution in [0.1, 0.15) is 17.8 Å². The molecule has 156 valence electrons. The molecule has 1 heterocycles. The quantitative estimate of drug-likeness (QED) is 0.384. The second-order valence-corrected chi connectivity index (χ2v) is 11.2. The number of rotatable bonds is 5. The van der Waals surface area contributed by atoms with Crippen LogP contribution in [0.25, 0.3) is 10.2 Å². The lowest BCUT2D eigenvalue weighted by Gasteiger charge is -2.43. The number of fused-ring (bicyclic) bond motifs is 1. The number of ketones is 1. The number of para-hydroxylation sites is 1. The number of benzene rings is 3. The predicted molar refractivity (Wildman–Crippen MR) is 130 cm³/mol. The second-order valence-electron chi connectivity index (χ2n) is 7.60. The highest BCUT2D eigenvalue weighted by Gasteiger charge is 2.53. The van der Waals surface area contributed by atoms with Crippen LogP contribution >= 0.6 is 34.9 Å². The lowest BCUT2D eigenvalue weighted by atomic mass is 9.83. The van der Waals surface area contributed by atoms with Gasteiger partial charge in [-0.25, -0.2) is 4.98 Å². The highest BCUT2D eigenvalue weighted by molar-refractivity contribution is 8.01. The molecule has 6 heteroatoms. The van der Waals surface area contributed by atoms with Gasteiger partial charge in [-0.2, -0.15) is 0 Å². The van der Waals surface area contributed by atoms with E-state index in [1.54, 1.807) is 23.5 Å². The summed E-state index contributed by atoms with van der Waals surface area (Å²) in [4.78, 5) is 19.7. The minimum atomic E-state index is -1.22. The second kappa shape index (κ2) is 8.79. The van der Waals surface area contributed by atoms with Gasteiger partial charge in [-0.3, -0.25) is 4.79 Å². The Kier molecular flexibility index (Phi) is 5.89. The van der Waals surface area contributed by atoms with E-state index in [4.69, 9.17) is 4.98 Å². The Morgan fingerprint density at radius 3 is 1.87 bits per heavy atom. The van der Waals surface area contributed by atoms with Crippen molar-refractivity contribution in [3.63, 3.8) is 0 Å². The molecule has 2 unspecified atom stereocenters. The fourth-order valence-corrected chi connectivity index (χ4v) is 8.06. The van der Waals surface area contributed by atoms with Gasteiger partial charge in [-0.15, -0.1) is 34.9 Å². The van der Waals surface area contributed by atoms with Gasteiger partial charge in [-0.1, -0.05) is 48.5 Å². The van der Waals surface area contributed by atoms with Crippen LogP contribution < -0.4 is 0 Å². The molecule has 3 aromatic carbocycles. The predicted octanol–water partition coefficient (Wildman–Crippen LogP) is 6.17. The van der Waals surface area contributed by atoms with E-state index in [2.05, 4.69) is 0 Å². The minimum Gasteiger partial charge on any atom is -0.380 e. The fourth-order valence-electron chi connectivity index (χ4n) is 3.92. The molecular weight excluding hydrogens is 442 g/mol. The molecule has 5 rings (SSSR count). The Balaban J connectivity index is 1.60. The molecule has 0 radical (unpaired) electrons. The summed E-state index contributed by atoms with van der Waals surface area (Å²) in [7, 11) is 0. The van der Waals surface area contributed by atoms with Crippen LogP contribution in [-0.2, 0) is 10.4 Å². The Bertz CT molecular complexity index is 1110. The zero-order valence-electron chi connectivity index (χ0n) is 16.7. The van der Waals surface area contributed by atoms with E-state index in [-0.39, 0.29) is 16.3 Å². The molecule has 1 aromatic heterocycles. The molecule has 1 aliphatic rings. The summed E-state index contributed by atoms with van der Waals surface area (Å²) >= 11 is 4.69. The number of nitrogens with zero attached hydrogens (tertiary/aromatic N) is 1. The Hall–Kier alpha value is -2.12. The van der Waals surface area contributed by atoms with Gasteiger partial charge in [0.05, 0.1) is 20.7 Å². The number of carbonyl (C=O) groups is 1. The molecule has 3 nitrogen and oxygen atoms in total. The number of Topliss-reactive ketones (excluding diaryl/α,β-unsaturated/α-hetero) is 1. The highest BCUT2D eigenvalue weighted by Crippen LogP contribution is 2.51. The van der Waals surface area contributed by atoms with E-state index in [0.717, 1.165) is 20.0 Å². The summed E-state index contributed by atoms with van der Waals surface area (Å²) < 4.78 is 1.05. The van der Waals surface area contributed by atoms with Crippen LogP contribution in [0.3, 0.4) is 0 Å². The van der Waals surface area contributed by atoms with Crippen LogP contribution in [-0.4, -0.2) is 26.4 Å². The number of hydrogen-bond donors (Lipinski definition) is 1. The van der Waals surface area contributed by atoms with Crippen molar-refractivity contribution < 1.29 is 9.90 Å². The molecule has 2 atom stereocenters. The SMILES string of the molecule is O=C1CC(Sc2ccccc2)C(O)(c2nc3ccccc3s2)C(Sc2ccccc2)C1. The highest BCUT2D eigenvalue weighted by atomic mass is 32.2. The van der Waals surface area contributed by atoms with Crippen molar-refractivity contribution in [2.75, 3.05) is 0 Å². The van der Waals surface area contributed by atoms with Gasteiger partial charge in [-0.05, 0) is 36.4 Å². The topological polar surface area (TPSA) is 50.2 Å². The maximum absolute atomic E-state index is 12.8. The van der Waals surface area contributed by atoms with Gasteiger partial charge in [0.1, 0.15) is 16.4 Å². The summed E-state index contributed by atoms with van der Waals surface area (Å²) in [6.45, 7) is 0. The maximum Gasteiger partial charge on any atom is 0.141 e. The monoisotopic (exact) mass is 463 g/mol. The van der Waals surface area contributed by atoms with E-state index in [9.17, 15) is 9.90 Å². The number of aromatic nitrogens is 1. The standard InChI is InChI=1S/C25H21NO2S3/c27-17-15-22(29-18-9-3-1-4-10-18)25(28,23(16-17)30-19-11-5-2-6-12-19)24-26-20-13-7-8-14-21(20)31-24/h1-14,22-23,28H,15-16H2. The first-order valence-electron chi connectivity index (χ1n) is 10.2. The van der Waals surface area contributed by atoms with Crippen molar-refractivity contribution in [2.45, 2.75) is 38.7 Å². The summed E-state index contributed by atoms with van der Waals surface area (Å²) in [5, 5.41) is 12.4. The number of hydrogen-bond acceptors (Lipinski definition) is 6. The molecule has 0 spiro atoms. The number of thiazole rings is 1. The average Bonchev–Trinajstić information content (AvgIpc) is 3.23. The summed E-state index contributed by atoms with van der Waals surface area (Å²) in [5.41, 5.74) is -0.335. The third-order valence-electron chi connectivity index (χ3n) is 5.49. The molecule has 1 saturated carbocycles.